The van der Waals surface area contributed by atoms with Crippen molar-refractivity contribution in [3.8, 4) is 0 Å². The summed E-state index contributed by atoms with van der Waals surface area (Å²) in [5.74, 6) is 0. The summed E-state index contributed by atoms with van der Waals surface area (Å²) in [7, 11) is -2.58. The van der Waals surface area contributed by atoms with Crippen LogP contribution >= 0.6 is 0 Å². The van der Waals surface area contributed by atoms with Crippen LogP contribution in [0.25, 0.3) is 0 Å². The highest BCUT2D eigenvalue weighted by atomic mass is 28.3. The van der Waals surface area contributed by atoms with Crippen molar-refractivity contribution < 1.29 is 14.4 Å². The Balaban J connectivity index is 4.10. The quantitative estimate of drug-likeness (QED) is 0.267. The molecule has 0 saturated heterocycles. The van der Waals surface area contributed by atoms with Gasteiger partial charge in [0.15, 0.2) is 0 Å². The van der Waals surface area contributed by atoms with E-state index in [0.717, 1.165) is 0 Å². The van der Waals surface area contributed by atoms with Crippen LogP contribution in [-0.4, -0.2) is 27.4 Å². The molecular weight excluding hydrogens is 196 g/mol. The molecule has 0 aromatic carbocycles. The van der Waals surface area contributed by atoms with Crippen LogP contribution in [0.2, 0.25) is 0 Å². The highest BCUT2D eigenvalue weighted by Crippen LogP contribution is 1.66. The Labute approximate surface area is 74.8 Å². The summed E-state index contributed by atoms with van der Waals surface area (Å²) >= 11 is 0. The Hall–Kier alpha value is -1.97. The van der Waals surface area contributed by atoms with E-state index in [2.05, 4.69) is 14.9 Å². The van der Waals surface area contributed by atoms with Crippen LogP contribution in [0, 0.1) is 0 Å². The molecule has 10 heteroatoms. The maximum atomic E-state index is 10.3. The average molecular weight is 206 g/mol. The Bertz CT molecular complexity index is 193. The van der Waals surface area contributed by atoms with Gasteiger partial charge in [0.25, 0.3) is 0 Å². The normalized spacial score (nSPS) is 9.00. The predicted molar refractivity (Wildman–Crippen MR) is 45.3 cm³/mol. The van der Waals surface area contributed by atoms with Crippen LogP contribution in [0.3, 0.4) is 0 Å². The van der Waals surface area contributed by atoms with Crippen molar-refractivity contribution in [2.45, 2.75) is 0 Å². The van der Waals surface area contributed by atoms with Gasteiger partial charge in [-0.1, -0.05) is 0 Å². The van der Waals surface area contributed by atoms with Crippen molar-refractivity contribution in [3.63, 3.8) is 0 Å². The predicted octanol–water partition coefficient (Wildman–Crippen LogP) is -3.29. The molecule has 13 heavy (non-hydrogen) atoms. The van der Waals surface area contributed by atoms with Crippen LogP contribution in [0.15, 0.2) is 0 Å². The first-order valence-electron chi connectivity index (χ1n) is 3.09. The van der Waals surface area contributed by atoms with E-state index in [0.29, 0.717) is 0 Å². The molecule has 0 aliphatic heterocycles. The van der Waals surface area contributed by atoms with Gasteiger partial charge >= 0.3 is 27.4 Å². The number of hydrogen-bond acceptors (Lipinski definition) is 3. The number of primary amides is 3. The van der Waals surface area contributed by atoms with E-state index in [1.807, 2.05) is 0 Å². The Morgan fingerprint density at radius 1 is 0.769 bits per heavy atom. The topological polar surface area (TPSA) is 165 Å². The van der Waals surface area contributed by atoms with Gasteiger partial charge < -0.3 is 32.1 Å². The summed E-state index contributed by atoms with van der Waals surface area (Å²) in [5.41, 5.74) is 14.2. The molecule has 0 aromatic heterocycles. The Kier molecular flexibility index (Phi) is 4.08. The first-order chi connectivity index (χ1) is 5.91. The minimum Gasteiger partial charge on any atom is -0.352 e. The number of carbonyl (C=O) groups excluding carboxylic acids is 3. The number of rotatable bonds is 3. The number of urea groups is 3. The second-order valence-electron chi connectivity index (χ2n) is 1.96. The Morgan fingerprint density at radius 2 is 1.00 bits per heavy atom. The third-order valence-electron chi connectivity index (χ3n) is 0.860. The van der Waals surface area contributed by atoms with Gasteiger partial charge in [0.05, 0.1) is 0 Å². The molecule has 0 heterocycles. The third-order valence-corrected chi connectivity index (χ3v) is 2.58. The number of carbonyl (C=O) groups is 3. The van der Waals surface area contributed by atoms with Crippen LogP contribution in [0.1, 0.15) is 0 Å². The van der Waals surface area contributed by atoms with Gasteiger partial charge in [0.2, 0.25) is 0 Å². The van der Waals surface area contributed by atoms with Gasteiger partial charge in [-0.05, 0) is 0 Å². The molecule has 74 valence electrons. The standard InChI is InChI=1S/C3H10N6O3Si/c4-1(10)7-13(8-2(5)11)9-3(6)12/h13H,(H3,4,7,10)(H3,5,8,11)(H3,6,9,12). The van der Waals surface area contributed by atoms with Crippen molar-refractivity contribution in [2.24, 2.45) is 17.2 Å². The first-order valence-corrected chi connectivity index (χ1v) is 4.83. The van der Waals surface area contributed by atoms with Crippen molar-refractivity contribution in [1.82, 2.24) is 14.9 Å². The molecular formula is C3H10N6O3Si. The number of amides is 6. The minimum atomic E-state index is -2.58. The summed E-state index contributed by atoms with van der Waals surface area (Å²) in [5, 5.41) is 0. The van der Waals surface area contributed by atoms with Crippen LogP contribution in [0.5, 0.6) is 0 Å². The molecule has 0 aliphatic carbocycles. The molecule has 9 nitrogen and oxygen atoms in total. The highest BCUT2D eigenvalue weighted by Gasteiger charge is 2.16. The lowest BCUT2D eigenvalue weighted by Gasteiger charge is -2.14. The maximum Gasteiger partial charge on any atom is 0.366 e. The zero-order valence-corrected chi connectivity index (χ0v) is 7.69. The molecule has 0 fully saturated rings. The van der Waals surface area contributed by atoms with E-state index in [1.54, 1.807) is 0 Å². The van der Waals surface area contributed by atoms with E-state index in [9.17, 15) is 14.4 Å². The zero-order chi connectivity index (χ0) is 10.4. The summed E-state index contributed by atoms with van der Waals surface area (Å²) in [6, 6.07) is -2.67. The van der Waals surface area contributed by atoms with E-state index in [-0.39, 0.29) is 0 Å². The molecule has 0 rings (SSSR count). The largest absolute Gasteiger partial charge is 0.366 e. The summed E-state index contributed by atoms with van der Waals surface area (Å²) in [6.07, 6.45) is 0. The van der Waals surface area contributed by atoms with E-state index >= 15 is 0 Å². The van der Waals surface area contributed by atoms with Crippen LogP contribution < -0.4 is 32.1 Å². The zero-order valence-electron chi connectivity index (χ0n) is 6.53. The van der Waals surface area contributed by atoms with Gasteiger partial charge in [-0.25, -0.2) is 14.4 Å². The summed E-state index contributed by atoms with van der Waals surface area (Å²) in [4.78, 5) is 37.3. The number of nitrogens with one attached hydrogen (secondary N) is 3. The van der Waals surface area contributed by atoms with Gasteiger partial charge in [-0.3, -0.25) is 0 Å². The lowest BCUT2D eigenvalue weighted by atomic mass is 11.2. The average Bonchev–Trinajstić information content (AvgIpc) is 1.80. The maximum absolute atomic E-state index is 10.3. The molecule has 0 saturated carbocycles. The molecule has 0 aliphatic rings. The lowest BCUT2D eigenvalue weighted by molar-refractivity contribution is 0.250. The van der Waals surface area contributed by atoms with Crippen molar-refractivity contribution in [1.29, 1.82) is 0 Å². The Morgan fingerprint density at radius 3 is 1.15 bits per heavy atom. The monoisotopic (exact) mass is 206 g/mol. The minimum absolute atomic E-state index is 0.890. The summed E-state index contributed by atoms with van der Waals surface area (Å²) in [6.45, 7) is 0. The fourth-order valence-electron chi connectivity index (χ4n) is 0.535. The van der Waals surface area contributed by atoms with E-state index < -0.39 is 27.4 Å². The van der Waals surface area contributed by atoms with Crippen molar-refractivity contribution >= 4 is 27.4 Å². The smallest absolute Gasteiger partial charge is 0.352 e. The fourth-order valence-corrected chi connectivity index (χ4v) is 1.61. The molecule has 0 atom stereocenters. The van der Waals surface area contributed by atoms with Gasteiger partial charge in [-0.15, -0.1) is 0 Å². The molecule has 0 unspecified atom stereocenters. The van der Waals surface area contributed by atoms with Crippen LogP contribution in [-0.2, 0) is 0 Å². The highest BCUT2D eigenvalue weighted by molar-refractivity contribution is 6.59. The van der Waals surface area contributed by atoms with Crippen LogP contribution in [0.4, 0.5) is 14.4 Å². The molecule has 0 spiro atoms. The SMILES string of the molecule is NC(=O)N[SiH](NC(N)=O)NC(N)=O. The van der Waals surface area contributed by atoms with Gasteiger partial charge in [0, 0.05) is 0 Å². The lowest BCUT2D eigenvalue weighted by Crippen LogP contribution is -2.65. The van der Waals surface area contributed by atoms with E-state index in [4.69, 9.17) is 17.2 Å². The molecule has 0 bridgehead atoms. The molecule has 0 radical (unpaired) electrons. The third kappa shape index (κ3) is 6.43. The first kappa shape index (κ1) is 11.0. The van der Waals surface area contributed by atoms with E-state index in [1.165, 1.54) is 0 Å². The second-order valence-corrected chi connectivity index (χ2v) is 3.69. The number of nitrogens with two attached hydrogens (primary N) is 3. The summed E-state index contributed by atoms with van der Waals surface area (Å²) < 4.78 is 0. The molecule has 6 amide bonds. The van der Waals surface area contributed by atoms with Crippen molar-refractivity contribution in [2.75, 3.05) is 0 Å². The number of hydrogen-bond donors (Lipinski definition) is 6. The second kappa shape index (κ2) is 4.81. The van der Waals surface area contributed by atoms with Gasteiger partial charge in [0.1, 0.15) is 0 Å². The fraction of sp³-hybridized carbons (Fsp3) is 0. The molecule has 0 aromatic rings. The van der Waals surface area contributed by atoms with Crippen molar-refractivity contribution in [3.05, 3.63) is 0 Å². The van der Waals surface area contributed by atoms with Gasteiger partial charge in [-0.2, -0.15) is 0 Å². The molecule has 9 N–H and O–H groups in total.